The fraction of sp³-hybridized carbons (Fsp3) is 0.944. The van der Waals surface area contributed by atoms with E-state index in [9.17, 15) is 4.79 Å². The van der Waals surface area contributed by atoms with E-state index in [4.69, 9.17) is 0 Å². The van der Waals surface area contributed by atoms with Crippen molar-refractivity contribution >= 4 is 5.78 Å². The lowest BCUT2D eigenvalue weighted by atomic mass is 9.88. The minimum Gasteiger partial charge on any atom is -0.299 e. The standard InChI is InChI=1S/C18H34O/c1-2-3-4-11-14-17-15-12-9-7-5-6-8-10-13-16-18(17)19/h17H,2-16H2,1H3. The van der Waals surface area contributed by atoms with Gasteiger partial charge in [-0.15, -0.1) is 0 Å². The molecular weight excluding hydrogens is 232 g/mol. The highest BCUT2D eigenvalue weighted by molar-refractivity contribution is 5.80. The van der Waals surface area contributed by atoms with Gasteiger partial charge in [0.2, 0.25) is 0 Å². The van der Waals surface area contributed by atoms with Crippen molar-refractivity contribution in [2.75, 3.05) is 0 Å². The van der Waals surface area contributed by atoms with Gasteiger partial charge in [-0.05, 0) is 19.3 Å². The van der Waals surface area contributed by atoms with Gasteiger partial charge in [0.1, 0.15) is 5.78 Å². The van der Waals surface area contributed by atoms with Crippen molar-refractivity contribution in [3.63, 3.8) is 0 Å². The first-order valence-electron chi connectivity index (χ1n) is 8.87. The van der Waals surface area contributed by atoms with Crippen LogP contribution in [-0.2, 0) is 4.79 Å². The highest BCUT2D eigenvalue weighted by Gasteiger charge is 2.17. The summed E-state index contributed by atoms with van der Waals surface area (Å²) in [4.78, 5) is 12.3. The molecule has 1 rings (SSSR count). The quantitative estimate of drug-likeness (QED) is 0.553. The lowest BCUT2D eigenvalue weighted by Gasteiger charge is -2.16. The van der Waals surface area contributed by atoms with Gasteiger partial charge in [0.05, 0.1) is 0 Å². The zero-order valence-electron chi connectivity index (χ0n) is 13.1. The molecule has 19 heavy (non-hydrogen) atoms. The highest BCUT2D eigenvalue weighted by atomic mass is 16.1. The molecule has 0 heterocycles. The summed E-state index contributed by atoms with van der Waals surface area (Å²) < 4.78 is 0. The first-order valence-corrected chi connectivity index (χ1v) is 8.87. The number of unbranched alkanes of at least 4 members (excludes halogenated alkanes) is 3. The van der Waals surface area contributed by atoms with E-state index in [1.807, 2.05) is 0 Å². The second kappa shape index (κ2) is 11.5. The Hall–Kier alpha value is -0.330. The van der Waals surface area contributed by atoms with E-state index in [1.54, 1.807) is 0 Å². The number of carbonyl (C=O) groups excluding carboxylic acids is 1. The number of ketones is 1. The second-order valence-corrected chi connectivity index (χ2v) is 6.38. The lowest BCUT2D eigenvalue weighted by Crippen LogP contribution is -2.15. The monoisotopic (exact) mass is 266 g/mol. The number of hydrogen-bond acceptors (Lipinski definition) is 1. The van der Waals surface area contributed by atoms with Crippen LogP contribution in [-0.4, -0.2) is 5.78 Å². The fourth-order valence-corrected chi connectivity index (χ4v) is 3.24. The zero-order chi connectivity index (χ0) is 13.8. The molecule has 0 spiro atoms. The molecule has 1 nitrogen and oxygen atoms in total. The van der Waals surface area contributed by atoms with Crippen LogP contribution in [0.5, 0.6) is 0 Å². The van der Waals surface area contributed by atoms with Crippen molar-refractivity contribution in [2.24, 2.45) is 5.92 Å². The number of Topliss-reactive ketones (excluding diaryl/α,β-unsaturated/α-hetero) is 1. The van der Waals surface area contributed by atoms with Gasteiger partial charge in [-0.2, -0.15) is 0 Å². The van der Waals surface area contributed by atoms with Crippen LogP contribution in [0.25, 0.3) is 0 Å². The third kappa shape index (κ3) is 8.44. The van der Waals surface area contributed by atoms with Crippen molar-refractivity contribution in [1.29, 1.82) is 0 Å². The molecule has 0 aliphatic heterocycles. The minimum atomic E-state index is 0.399. The molecule has 1 aliphatic rings. The molecule has 1 heteroatoms. The largest absolute Gasteiger partial charge is 0.299 e. The second-order valence-electron chi connectivity index (χ2n) is 6.38. The van der Waals surface area contributed by atoms with E-state index in [0.717, 1.165) is 12.8 Å². The van der Waals surface area contributed by atoms with Gasteiger partial charge in [-0.25, -0.2) is 0 Å². The molecule has 0 aromatic carbocycles. The molecule has 0 bridgehead atoms. The number of hydrogen-bond donors (Lipinski definition) is 0. The van der Waals surface area contributed by atoms with Crippen LogP contribution in [0.4, 0.5) is 0 Å². The maximum atomic E-state index is 12.3. The average Bonchev–Trinajstić information content (AvgIpc) is 2.41. The summed E-state index contributed by atoms with van der Waals surface area (Å²) in [6.07, 6.45) is 19.0. The fourth-order valence-electron chi connectivity index (χ4n) is 3.24. The van der Waals surface area contributed by atoms with E-state index in [0.29, 0.717) is 11.7 Å². The molecule has 0 saturated heterocycles. The molecule has 0 aromatic heterocycles. The van der Waals surface area contributed by atoms with Crippen LogP contribution >= 0.6 is 0 Å². The first kappa shape index (κ1) is 16.7. The van der Waals surface area contributed by atoms with Crippen molar-refractivity contribution in [2.45, 2.75) is 103 Å². The third-order valence-corrected chi connectivity index (χ3v) is 4.59. The van der Waals surface area contributed by atoms with Crippen LogP contribution in [0.3, 0.4) is 0 Å². The summed E-state index contributed by atoms with van der Waals surface area (Å²) in [5.74, 6) is 0.980. The Morgan fingerprint density at radius 1 is 0.842 bits per heavy atom. The van der Waals surface area contributed by atoms with Gasteiger partial charge in [0.15, 0.2) is 0 Å². The first-order chi connectivity index (χ1) is 9.34. The van der Waals surface area contributed by atoms with Gasteiger partial charge >= 0.3 is 0 Å². The molecule has 1 atom stereocenters. The van der Waals surface area contributed by atoms with Crippen molar-refractivity contribution in [1.82, 2.24) is 0 Å². The molecule has 0 radical (unpaired) electrons. The molecule has 0 N–H and O–H groups in total. The van der Waals surface area contributed by atoms with Crippen molar-refractivity contribution < 1.29 is 4.79 Å². The summed E-state index contributed by atoms with van der Waals surface area (Å²) in [7, 11) is 0. The van der Waals surface area contributed by atoms with Crippen molar-refractivity contribution in [3.8, 4) is 0 Å². The van der Waals surface area contributed by atoms with Crippen LogP contribution in [0.2, 0.25) is 0 Å². The maximum Gasteiger partial charge on any atom is 0.135 e. The Morgan fingerprint density at radius 3 is 2.16 bits per heavy atom. The molecular formula is C18H34O. The predicted octanol–water partition coefficient (Wildman–Crippen LogP) is 6.06. The Bertz CT molecular complexity index is 220. The Labute approximate surface area is 120 Å². The lowest BCUT2D eigenvalue weighted by molar-refractivity contribution is -0.123. The normalized spacial score (nSPS) is 23.6. The van der Waals surface area contributed by atoms with Crippen LogP contribution in [0.1, 0.15) is 103 Å². The SMILES string of the molecule is CCCCCCC1CCCCCCCCCCC1=O. The smallest absolute Gasteiger partial charge is 0.135 e. The highest BCUT2D eigenvalue weighted by Crippen LogP contribution is 2.23. The van der Waals surface area contributed by atoms with Gasteiger partial charge in [-0.3, -0.25) is 4.79 Å². The zero-order valence-corrected chi connectivity index (χ0v) is 13.1. The predicted molar refractivity (Wildman–Crippen MR) is 83.4 cm³/mol. The van der Waals surface area contributed by atoms with Gasteiger partial charge in [0.25, 0.3) is 0 Å². The third-order valence-electron chi connectivity index (χ3n) is 4.59. The van der Waals surface area contributed by atoms with Crippen LogP contribution in [0.15, 0.2) is 0 Å². The molecule has 112 valence electrons. The average molecular weight is 266 g/mol. The summed E-state index contributed by atoms with van der Waals surface area (Å²) in [6.45, 7) is 2.25. The summed E-state index contributed by atoms with van der Waals surface area (Å²) in [5.41, 5.74) is 0. The minimum absolute atomic E-state index is 0.399. The van der Waals surface area contributed by atoms with E-state index < -0.39 is 0 Å². The van der Waals surface area contributed by atoms with E-state index in [1.165, 1.54) is 83.5 Å². The van der Waals surface area contributed by atoms with Crippen LogP contribution < -0.4 is 0 Å². The number of carbonyl (C=O) groups is 1. The van der Waals surface area contributed by atoms with Crippen molar-refractivity contribution in [3.05, 3.63) is 0 Å². The Kier molecular flexibility index (Phi) is 10.1. The summed E-state index contributed by atoms with van der Waals surface area (Å²) in [5, 5.41) is 0. The van der Waals surface area contributed by atoms with Gasteiger partial charge in [-0.1, -0.05) is 77.6 Å². The molecule has 1 aliphatic carbocycles. The van der Waals surface area contributed by atoms with E-state index in [-0.39, 0.29) is 0 Å². The van der Waals surface area contributed by atoms with E-state index >= 15 is 0 Å². The Morgan fingerprint density at radius 2 is 1.47 bits per heavy atom. The van der Waals surface area contributed by atoms with E-state index in [2.05, 4.69) is 6.92 Å². The topological polar surface area (TPSA) is 17.1 Å². The maximum absolute atomic E-state index is 12.3. The molecule has 1 saturated carbocycles. The van der Waals surface area contributed by atoms with Gasteiger partial charge in [0, 0.05) is 12.3 Å². The summed E-state index contributed by atoms with van der Waals surface area (Å²) >= 11 is 0. The Balaban J connectivity index is 2.31. The van der Waals surface area contributed by atoms with Crippen LogP contribution in [0, 0.1) is 5.92 Å². The van der Waals surface area contributed by atoms with Gasteiger partial charge < -0.3 is 0 Å². The molecule has 0 aromatic rings. The number of rotatable bonds is 5. The summed E-state index contributed by atoms with van der Waals surface area (Å²) in [6, 6.07) is 0. The molecule has 0 amide bonds. The molecule has 1 unspecified atom stereocenters. The molecule has 1 fully saturated rings.